The molecule has 0 bridgehead atoms. The summed E-state index contributed by atoms with van der Waals surface area (Å²) in [4.78, 5) is 3.30. The van der Waals surface area contributed by atoms with E-state index in [0.29, 0.717) is 0 Å². The molecular weight excluding hydrogens is 114 g/mol. The SMILES string of the molecule is CN(C)/C=C\N(C)C#N. The molecular formula is C6H11N3. The van der Waals surface area contributed by atoms with Gasteiger partial charge in [0, 0.05) is 33.5 Å². The third-order valence-corrected chi connectivity index (χ3v) is 0.746. The van der Waals surface area contributed by atoms with Crippen LogP contribution in [0.2, 0.25) is 0 Å². The van der Waals surface area contributed by atoms with E-state index in [1.807, 2.05) is 31.4 Å². The van der Waals surface area contributed by atoms with Crippen LogP contribution >= 0.6 is 0 Å². The summed E-state index contributed by atoms with van der Waals surface area (Å²) < 4.78 is 0. The fourth-order valence-electron chi connectivity index (χ4n) is 0.267. The first-order valence-corrected chi connectivity index (χ1v) is 2.64. The van der Waals surface area contributed by atoms with Crippen LogP contribution < -0.4 is 0 Å². The zero-order valence-corrected chi connectivity index (χ0v) is 6.00. The molecule has 0 fully saturated rings. The van der Waals surface area contributed by atoms with Gasteiger partial charge in [0.2, 0.25) is 0 Å². The van der Waals surface area contributed by atoms with Gasteiger partial charge in [0.05, 0.1) is 0 Å². The van der Waals surface area contributed by atoms with Gasteiger partial charge in [0.15, 0.2) is 6.19 Å². The minimum absolute atomic E-state index is 1.43. The Morgan fingerprint density at radius 1 is 1.22 bits per heavy atom. The van der Waals surface area contributed by atoms with E-state index in [-0.39, 0.29) is 0 Å². The van der Waals surface area contributed by atoms with Crippen LogP contribution in [0.25, 0.3) is 0 Å². The maximum atomic E-state index is 8.25. The zero-order chi connectivity index (χ0) is 7.28. The summed E-state index contributed by atoms with van der Waals surface area (Å²) in [5.41, 5.74) is 0. The van der Waals surface area contributed by atoms with Crippen LogP contribution in [0.15, 0.2) is 12.4 Å². The molecule has 3 nitrogen and oxygen atoms in total. The molecule has 0 aromatic carbocycles. The van der Waals surface area contributed by atoms with Crippen molar-refractivity contribution >= 4 is 0 Å². The molecule has 0 aliphatic heterocycles. The van der Waals surface area contributed by atoms with E-state index in [0.717, 1.165) is 0 Å². The second kappa shape index (κ2) is 3.79. The number of nitrogens with zero attached hydrogens (tertiary/aromatic N) is 3. The molecule has 0 aromatic rings. The third-order valence-electron chi connectivity index (χ3n) is 0.746. The van der Waals surface area contributed by atoms with E-state index in [1.54, 1.807) is 13.2 Å². The van der Waals surface area contributed by atoms with Crippen molar-refractivity contribution in [2.24, 2.45) is 0 Å². The summed E-state index contributed by atoms with van der Waals surface area (Å²) in [5, 5.41) is 8.25. The molecule has 0 N–H and O–H groups in total. The Labute approximate surface area is 55.8 Å². The van der Waals surface area contributed by atoms with Crippen molar-refractivity contribution in [1.82, 2.24) is 9.80 Å². The molecule has 0 radical (unpaired) electrons. The van der Waals surface area contributed by atoms with Gasteiger partial charge >= 0.3 is 0 Å². The summed E-state index contributed by atoms with van der Waals surface area (Å²) in [7, 11) is 5.50. The molecule has 0 heterocycles. The summed E-state index contributed by atoms with van der Waals surface area (Å²) in [6, 6.07) is 0. The van der Waals surface area contributed by atoms with Gasteiger partial charge in [-0.25, -0.2) is 0 Å². The van der Waals surface area contributed by atoms with Crippen molar-refractivity contribution in [3.05, 3.63) is 12.4 Å². The van der Waals surface area contributed by atoms with Gasteiger partial charge in [-0.2, -0.15) is 5.26 Å². The van der Waals surface area contributed by atoms with E-state index in [4.69, 9.17) is 5.26 Å². The molecule has 0 unspecified atom stereocenters. The van der Waals surface area contributed by atoms with Gasteiger partial charge in [-0.3, -0.25) is 4.90 Å². The van der Waals surface area contributed by atoms with E-state index >= 15 is 0 Å². The topological polar surface area (TPSA) is 30.3 Å². The maximum Gasteiger partial charge on any atom is 0.183 e. The highest BCUT2D eigenvalue weighted by Crippen LogP contribution is 1.81. The number of hydrogen-bond donors (Lipinski definition) is 0. The summed E-state index contributed by atoms with van der Waals surface area (Å²) in [5.74, 6) is 0. The van der Waals surface area contributed by atoms with Crippen LogP contribution in [-0.4, -0.2) is 30.9 Å². The molecule has 3 heteroatoms. The largest absolute Gasteiger partial charge is 0.382 e. The van der Waals surface area contributed by atoms with Crippen LogP contribution in [-0.2, 0) is 0 Å². The minimum Gasteiger partial charge on any atom is -0.382 e. The average molecular weight is 125 g/mol. The van der Waals surface area contributed by atoms with Crippen LogP contribution in [0, 0.1) is 11.5 Å². The highest BCUT2D eigenvalue weighted by molar-refractivity contribution is 4.85. The highest BCUT2D eigenvalue weighted by Gasteiger charge is 1.81. The van der Waals surface area contributed by atoms with Crippen LogP contribution in [0.5, 0.6) is 0 Å². The fourth-order valence-corrected chi connectivity index (χ4v) is 0.267. The van der Waals surface area contributed by atoms with E-state index in [2.05, 4.69) is 0 Å². The fraction of sp³-hybridized carbons (Fsp3) is 0.500. The van der Waals surface area contributed by atoms with Crippen molar-refractivity contribution in [3.63, 3.8) is 0 Å². The first-order valence-electron chi connectivity index (χ1n) is 2.64. The van der Waals surface area contributed by atoms with E-state index in [1.165, 1.54) is 4.90 Å². The lowest BCUT2D eigenvalue weighted by atomic mass is 10.7. The monoisotopic (exact) mass is 125 g/mol. The second-order valence-corrected chi connectivity index (χ2v) is 1.97. The Bertz CT molecular complexity index is 132. The second-order valence-electron chi connectivity index (χ2n) is 1.97. The number of hydrogen-bond acceptors (Lipinski definition) is 3. The van der Waals surface area contributed by atoms with Gasteiger partial charge in [-0.1, -0.05) is 0 Å². The molecule has 50 valence electrons. The van der Waals surface area contributed by atoms with Crippen molar-refractivity contribution in [1.29, 1.82) is 5.26 Å². The van der Waals surface area contributed by atoms with Gasteiger partial charge in [0.1, 0.15) is 0 Å². The average Bonchev–Trinajstić information content (AvgIpc) is 1.83. The molecule has 0 amide bonds. The normalized spacial score (nSPS) is 9.11. The van der Waals surface area contributed by atoms with Gasteiger partial charge < -0.3 is 4.90 Å². The summed E-state index contributed by atoms with van der Waals surface area (Å²) in [6.07, 6.45) is 5.44. The molecule has 0 atom stereocenters. The van der Waals surface area contributed by atoms with Crippen molar-refractivity contribution in [2.45, 2.75) is 0 Å². The molecule has 0 rings (SSSR count). The van der Waals surface area contributed by atoms with Crippen molar-refractivity contribution in [3.8, 4) is 6.19 Å². The Morgan fingerprint density at radius 3 is 2.11 bits per heavy atom. The zero-order valence-electron chi connectivity index (χ0n) is 6.00. The molecule has 9 heavy (non-hydrogen) atoms. The van der Waals surface area contributed by atoms with Crippen LogP contribution in [0.4, 0.5) is 0 Å². The third kappa shape index (κ3) is 4.69. The lowest BCUT2D eigenvalue weighted by molar-refractivity contribution is 0.538. The first kappa shape index (κ1) is 7.83. The molecule has 0 saturated carbocycles. The molecule has 0 aliphatic carbocycles. The minimum atomic E-state index is 1.43. The van der Waals surface area contributed by atoms with E-state index in [9.17, 15) is 0 Å². The lowest BCUT2D eigenvalue weighted by Gasteiger charge is -2.05. The van der Waals surface area contributed by atoms with Crippen molar-refractivity contribution in [2.75, 3.05) is 21.1 Å². The summed E-state index contributed by atoms with van der Waals surface area (Å²) >= 11 is 0. The van der Waals surface area contributed by atoms with Crippen LogP contribution in [0.3, 0.4) is 0 Å². The number of rotatable bonds is 2. The molecule has 0 spiro atoms. The maximum absolute atomic E-state index is 8.25. The number of nitriles is 1. The molecule has 0 aromatic heterocycles. The Balaban J connectivity index is 3.60. The van der Waals surface area contributed by atoms with Crippen molar-refractivity contribution < 1.29 is 0 Å². The standard InChI is InChI=1S/C6H11N3/c1-8(2)4-5-9(3)6-7/h4-5H,1-3H3/b5-4-. The van der Waals surface area contributed by atoms with Gasteiger partial charge in [0.25, 0.3) is 0 Å². The Morgan fingerprint density at radius 2 is 1.78 bits per heavy atom. The Hall–Kier alpha value is -1.17. The smallest absolute Gasteiger partial charge is 0.183 e. The summed E-state index contributed by atoms with van der Waals surface area (Å²) in [6.45, 7) is 0. The molecule has 0 aliphatic rings. The predicted molar refractivity (Wildman–Crippen MR) is 36.2 cm³/mol. The first-order chi connectivity index (χ1) is 4.16. The van der Waals surface area contributed by atoms with Gasteiger partial charge in [-0.05, 0) is 0 Å². The predicted octanol–water partition coefficient (Wildman–Crippen LogP) is 0.432. The highest BCUT2D eigenvalue weighted by atomic mass is 15.1. The van der Waals surface area contributed by atoms with E-state index < -0.39 is 0 Å². The Kier molecular flexibility index (Phi) is 3.29. The quantitative estimate of drug-likeness (QED) is 0.396. The lowest BCUT2D eigenvalue weighted by Crippen LogP contribution is -2.06. The molecule has 0 saturated heterocycles. The van der Waals surface area contributed by atoms with Crippen LogP contribution in [0.1, 0.15) is 0 Å². The van der Waals surface area contributed by atoms with Gasteiger partial charge in [-0.15, -0.1) is 0 Å².